The summed E-state index contributed by atoms with van der Waals surface area (Å²) in [6, 6.07) is 7.38. The molecule has 1 amide bonds. The van der Waals surface area contributed by atoms with Gasteiger partial charge < -0.3 is 4.90 Å². The van der Waals surface area contributed by atoms with Crippen molar-refractivity contribution in [2.24, 2.45) is 0 Å². The summed E-state index contributed by atoms with van der Waals surface area (Å²) in [6.45, 7) is 8.32. The molecule has 0 fully saturated rings. The zero-order valence-corrected chi connectivity index (χ0v) is 10.6. The number of benzene rings is 1. The number of hydrogen-bond donors (Lipinski definition) is 0. The molecule has 1 aromatic rings. The van der Waals surface area contributed by atoms with Crippen LogP contribution in [0.25, 0.3) is 0 Å². The third kappa shape index (κ3) is 3.07. The third-order valence-electron chi connectivity index (χ3n) is 2.09. The average molecular weight is 280 g/mol. The molecule has 2 nitrogen and oxygen atoms in total. The molecule has 0 aliphatic rings. The Labute approximate surface area is 104 Å². The Morgan fingerprint density at radius 1 is 1.25 bits per heavy atom. The molecule has 84 valence electrons. The van der Waals surface area contributed by atoms with E-state index in [2.05, 4.69) is 29.1 Å². The van der Waals surface area contributed by atoms with E-state index in [9.17, 15) is 4.79 Å². The first kappa shape index (κ1) is 12.7. The maximum atomic E-state index is 12.1. The van der Waals surface area contributed by atoms with Gasteiger partial charge in [0.1, 0.15) is 0 Å². The Morgan fingerprint density at radius 2 is 1.81 bits per heavy atom. The van der Waals surface area contributed by atoms with Crippen LogP contribution in [0.2, 0.25) is 0 Å². The van der Waals surface area contributed by atoms with Crippen LogP contribution in [0.1, 0.15) is 10.4 Å². The second-order valence-corrected chi connectivity index (χ2v) is 4.12. The van der Waals surface area contributed by atoms with Crippen LogP contribution in [0.3, 0.4) is 0 Å². The molecule has 0 unspecified atom stereocenters. The van der Waals surface area contributed by atoms with E-state index in [1.165, 1.54) is 0 Å². The molecule has 3 heteroatoms. The Balaban J connectivity index is 2.94. The molecule has 0 saturated heterocycles. The molecule has 1 rings (SSSR count). The number of halogens is 1. The normalized spacial score (nSPS) is 9.56. The predicted octanol–water partition coefficient (Wildman–Crippen LogP) is 3.26. The van der Waals surface area contributed by atoms with Gasteiger partial charge in [0.25, 0.3) is 5.91 Å². The number of hydrogen-bond acceptors (Lipinski definition) is 1. The SMILES string of the molecule is C=CCN(CC=C)C(=O)c1ccccc1Br. The summed E-state index contributed by atoms with van der Waals surface area (Å²) in [5.74, 6) is -0.0210. The van der Waals surface area contributed by atoms with E-state index >= 15 is 0 Å². The van der Waals surface area contributed by atoms with Crippen LogP contribution in [-0.4, -0.2) is 23.9 Å². The maximum absolute atomic E-state index is 12.1. The fourth-order valence-corrected chi connectivity index (χ4v) is 1.81. The zero-order valence-electron chi connectivity index (χ0n) is 9.03. The molecule has 0 N–H and O–H groups in total. The Bertz CT molecular complexity index is 391. The van der Waals surface area contributed by atoms with Gasteiger partial charge in [0.05, 0.1) is 5.56 Å². The summed E-state index contributed by atoms with van der Waals surface area (Å²) >= 11 is 3.37. The molecule has 0 radical (unpaired) electrons. The maximum Gasteiger partial charge on any atom is 0.255 e. The van der Waals surface area contributed by atoms with Crippen LogP contribution in [0.4, 0.5) is 0 Å². The second kappa shape index (κ2) is 6.28. The van der Waals surface area contributed by atoms with E-state index in [1.807, 2.05) is 18.2 Å². The van der Waals surface area contributed by atoms with Gasteiger partial charge >= 0.3 is 0 Å². The van der Waals surface area contributed by atoms with Crippen molar-refractivity contribution < 1.29 is 4.79 Å². The number of rotatable bonds is 5. The number of carbonyl (C=O) groups is 1. The van der Waals surface area contributed by atoms with Gasteiger partial charge in [0.2, 0.25) is 0 Å². The lowest BCUT2D eigenvalue weighted by Gasteiger charge is -2.19. The summed E-state index contributed by atoms with van der Waals surface area (Å²) in [6.07, 6.45) is 3.41. The summed E-state index contributed by atoms with van der Waals surface area (Å²) in [5, 5.41) is 0. The topological polar surface area (TPSA) is 20.3 Å². The van der Waals surface area contributed by atoms with E-state index in [4.69, 9.17) is 0 Å². The largest absolute Gasteiger partial charge is 0.331 e. The fourth-order valence-electron chi connectivity index (χ4n) is 1.36. The van der Waals surface area contributed by atoms with E-state index < -0.39 is 0 Å². The minimum atomic E-state index is -0.0210. The van der Waals surface area contributed by atoms with Crippen LogP contribution in [0, 0.1) is 0 Å². The smallest absolute Gasteiger partial charge is 0.255 e. The van der Waals surface area contributed by atoms with Gasteiger partial charge in [-0.3, -0.25) is 4.79 Å². The first-order valence-corrected chi connectivity index (χ1v) is 5.75. The molecule has 0 aliphatic heterocycles. The average Bonchev–Trinajstić information content (AvgIpc) is 2.28. The van der Waals surface area contributed by atoms with Crippen LogP contribution < -0.4 is 0 Å². The van der Waals surface area contributed by atoms with Crippen molar-refractivity contribution in [1.82, 2.24) is 4.90 Å². The predicted molar refractivity (Wildman–Crippen MR) is 70.4 cm³/mol. The van der Waals surface area contributed by atoms with Gasteiger partial charge in [-0.1, -0.05) is 24.3 Å². The summed E-state index contributed by atoms with van der Waals surface area (Å²) < 4.78 is 0.804. The summed E-state index contributed by atoms with van der Waals surface area (Å²) in [5.41, 5.74) is 0.659. The molecule has 1 aromatic carbocycles. The lowest BCUT2D eigenvalue weighted by atomic mass is 10.2. The molecule has 0 atom stereocenters. The Hall–Kier alpha value is -1.35. The molecule has 0 bridgehead atoms. The standard InChI is InChI=1S/C13H14BrNO/c1-3-9-15(10-4-2)13(16)11-7-5-6-8-12(11)14/h3-8H,1-2,9-10H2. The highest BCUT2D eigenvalue weighted by atomic mass is 79.9. The second-order valence-electron chi connectivity index (χ2n) is 3.27. The van der Waals surface area contributed by atoms with E-state index in [0.29, 0.717) is 18.7 Å². The summed E-state index contributed by atoms with van der Waals surface area (Å²) in [4.78, 5) is 13.8. The molecule has 0 aliphatic carbocycles. The van der Waals surface area contributed by atoms with Crippen LogP contribution in [0.15, 0.2) is 54.0 Å². The number of carbonyl (C=O) groups excluding carboxylic acids is 1. The van der Waals surface area contributed by atoms with Crippen LogP contribution in [-0.2, 0) is 0 Å². The van der Waals surface area contributed by atoms with Gasteiger partial charge in [0, 0.05) is 17.6 Å². The molecule has 0 aromatic heterocycles. The molecule has 0 spiro atoms. The minimum Gasteiger partial charge on any atom is -0.331 e. The highest BCUT2D eigenvalue weighted by molar-refractivity contribution is 9.10. The van der Waals surface area contributed by atoms with Crippen molar-refractivity contribution in [2.45, 2.75) is 0 Å². The lowest BCUT2D eigenvalue weighted by molar-refractivity contribution is 0.0790. The van der Waals surface area contributed by atoms with Crippen molar-refractivity contribution in [3.05, 3.63) is 59.6 Å². The molecular weight excluding hydrogens is 266 g/mol. The van der Waals surface area contributed by atoms with Crippen molar-refractivity contribution in [3.63, 3.8) is 0 Å². The highest BCUT2D eigenvalue weighted by Crippen LogP contribution is 2.17. The van der Waals surface area contributed by atoms with Gasteiger partial charge in [-0.25, -0.2) is 0 Å². The quantitative estimate of drug-likeness (QED) is 0.758. The summed E-state index contributed by atoms with van der Waals surface area (Å²) in [7, 11) is 0. The van der Waals surface area contributed by atoms with E-state index in [1.54, 1.807) is 23.1 Å². The van der Waals surface area contributed by atoms with E-state index in [0.717, 1.165) is 4.47 Å². The number of amides is 1. The zero-order chi connectivity index (χ0) is 12.0. The highest BCUT2D eigenvalue weighted by Gasteiger charge is 2.15. The molecule has 0 saturated carbocycles. The van der Waals surface area contributed by atoms with Crippen molar-refractivity contribution in [3.8, 4) is 0 Å². The van der Waals surface area contributed by atoms with E-state index in [-0.39, 0.29) is 5.91 Å². The Kier molecular flexibility index (Phi) is 4.99. The van der Waals surface area contributed by atoms with Crippen molar-refractivity contribution >= 4 is 21.8 Å². The van der Waals surface area contributed by atoms with Crippen molar-refractivity contribution in [1.29, 1.82) is 0 Å². The van der Waals surface area contributed by atoms with Gasteiger partial charge in [0.15, 0.2) is 0 Å². The molecule has 16 heavy (non-hydrogen) atoms. The van der Waals surface area contributed by atoms with Gasteiger partial charge in [-0.05, 0) is 28.1 Å². The van der Waals surface area contributed by atoms with Crippen LogP contribution >= 0.6 is 15.9 Å². The minimum absolute atomic E-state index is 0.0210. The third-order valence-corrected chi connectivity index (χ3v) is 2.78. The fraction of sp³-hybridized carbons (Fsp3) is 0.154. The Morgan fingerprint density at radius 3 is 2.31 bits per heavy atom. The monoisotopic (exact) mass is 279 g/mol. The van der Waals surface area contributed by atoms with Gasteiger partial charge in [-0.15, -0.1) is 13.2 Å². The molecular formula is C13H14BrNO. The first-order chi connectivity index (χ1) is 7.70. The number of nitrogens with zero attached hydrogens (tertiary/aromatic N) is 1. The van der Waals surface area contributed by atoms with Gasteiger partial charge in [-0.2, -0.15) is 0 Å². The first-order valence-electron chi connectivity index (χ1n) is 4.96. The van der Waals surface area contributed by atoms with Crippen molar-refractivity contribution in [2.75, 3.05) is 13.1 Å². The molecule has 0 heterocycles. The van der Waals surface area contributed by atoms with Crippen LogP contribution in [0.5, 0.6) is 0 Å². The lowest BCUT2D eigenvalue weighted by Crippen LogP contribution is -2.31.